The molecule has 1 amide bonds. The molecule has 1 heterocycles. The number of aliphatic hydroxyl groups excluding tert-OH is 1. The van der Waals surface area contributed by atoms with Crippen molar-refractivity contribution in [2.75, 3.05) is 32.8 Å². The summed E-state index contributed by atoms with van der Waals surface area (Å²) in [6.07, 6.45) is 2.32. The van der Waals surface area contributed by atoms with Crippen molar-refractivity contribution in [2.45, 2.75) is 39.7 Å². The lowest BCUT2D eigenvalue weighted by molar-refractivity contribution is -0.136. The van der Waals surface area contributed by atoms with E-state index in [1.165, 1.54) is 0 Å². The molecule has 31 heavy (non-hydrogen) atoms. The van der Waals surface area contributed by atoms with Gasteiger partial charge in [0.2, 0.25) is 5.91 Å². The highest BCUT2D eigenvalue weighted by Gasteiger charge is 2.37. The van der Waals surface area contributed by atoms with Gasteiger partial charge < -0.3 is 20.1 Å². The summed E-state index contributed by atoms with van der Waals surface area (Å²) in [5.41, 5.74) is 2.76. The number of piperidine rings is 1. The number of nitrogens with zero attached hydrogens (tertiary/aromatic N) is 1. The van der Waals surface area contributed by atoms with E-state index >= 15 is 0 Å². The lowest BCUT2D eigenvalue weighted by atomic mass is 9.78. The smallest absolute Gasteiger partial charge is 0.223 e. The molecule has 0 saturated carbocycles. The third kappa shape index (κ3) is 6.45. The Morgan fingerprint density at radius 1 is 1.23 bits per heavy atom. The highest BCUT2D eigenvalue weighted by atomic mass is 35.5. The van der Waals surface area contributed by atoms with Crippen LogP contribution in [0.15, 0.2) is 42.5 Å². The van der Waals surface area contributed by atoms with Crippen molar-refractivity contribution in [1.82, 2.24) is 10.2 Å². The van der Waals surface area contributed by atoms with Crippen molar-refractivity contribution in [2.24, 2.45) is 5.41 Å². The minimum absolute atomic E-state index is 0.0497. The lowest BCUT2D eigenvalue weighted by Gasteiger charge is -2.38. The van der Waals surface area contributed by atoms with Crippen molar-refractivity contribution in [3.8, 4) is 5.75 Å². The van der Waals surface area contributed by atoms with Crippen LogP contribution in [0.5, 0.6) is 5.75 Å². The molecule has 3 rings (SSSR count). The van der Waals surface area contributed by atoms with Gasteiger partial charge in [0.25, 0.3) is 0 Å². The Labute approximate surface area is 190 Å². The maximum Gasteiger partial charge on any atom is 0.223 e. The van der Waals surface area contributed by atoms with Gasteiger partial charge in [-0.1, -0.05) is 41.9 Å². The van der Waals surface area contributed by atoms with Gasteiger partial charge in [0.1, 0.15) is 5.75 Å². The quantitative estimate of drug-likeness (QED) is 0.610. The number of ether oxygens (including phenoxy) is 1. The monoisotopic (exact) mass is 444 g/mol. The van der Waals surface area contributed by atoms with Crippen molar-refractivity contribution in [1.29, 1.82) is 0 Å². The molecule has 2 aromatic carbocycles. The van der Waals surface area contributed by atoms with E-state index in [0.717, 1.165) is 53.4 Å². The molecule has 0 aliphatic carbocycles. The summed E-state index contributed by atoms with van der Waals surface area (Å²) in [6, 6.07) is 13.8. The summed E-state index contributed by atoms with van der Waals surface area (Å²) in [4.78, 5) is 15.0. The summed E-state index contributed by atoms with van der Waals surface area (Å²) in [6.45, 7) is 6.88. The first-order valence-electron chi connectivity index (χ1n) is 11.0. The van der Waals surface area contributed by atoms with Crippen LogP contribution in [0.2, 0.25) is 5.02 Å². The Hall–Kier alpha value is -2.08. The maximum absolute atomic E-state index is 13.3. The summed E-state index contributed by atoms with van der Waals surface area (Å²) < 4.78 is 6.21. The van der Waals surface area contributed by atoms with Crippen molar-refractivity contribution in [3.05, 3.63) is 64.2 Å². The van der Waals surface area contributed by atoms with Crippen LogP contribution in [-0.2, 0) is 11.3 Å². The van der Waals surface area contributed by atoms with Gasteiger partial charge in [-0.15, -0.1) is 0 Å². The number of aliphatic hydroxyl groups is 1. The number of rotatable bonds is 9. The zero-order chi connectivity index (χ0) is 22.3. The molecule has 2 N–H and O–H groups in total. The third-order valence-corrected chi connectivity index (χ3v) is 6.58. The van der Waals surface area contributed by atoms with E-state index in [0.29, 0.717) is 26.1 Å². The maximum atomic E-state index is 13.3. The molecule has 1 aliphatic heterocycles. The van der Waals surface area contributed by atoms with Crippen LogP contribution < -0.4 is 10.1 Å². The van der Waals surface area contributed by atoms with E-state index in [2.05, 4.69) is 5.32 Å². The fraction of sp³-hybridized carbons (Fsp3) is 0.480. The summed E-state index contributed by atoms with van der Waals surface area (Å²) in [5, 5.41) is 13.7. The predicted molar refractivity (Wildman–Crippen MR) is 125 cm³/mol. The van der Waals surface area contributed by atoms with Crippen LogP contribution in [0.25, 0.3) is 0 Å². The molecule has 5 nitrogen and oxygen atoms in total. The lowest BCUT2D eigenvalue weighted by Crippen LogP contribution is -2.47. The van der Waals surface area contributed by atoms with Gasteiger partial charge in [0.05, 0.1) is 13.2 Å². The minimum Gasteiger partial charge on any atom is -0.493 e. The molecule has 168 valence electrons. The number of hydrogen-bond donors (Lipinski definition) is 2. The fourth-order valence-corrected chi connectivity index (χ4v) is 4.34. The van der Waals surface area contributed by atoms with Crippen LogP contribution in [-0.4, -0.2) is 48.8 Å². The van der Waals surface area contributed by atoms with Crippen LogP contribution in [0.4, 0.5) is 0 Å². The minimum atomic E-state index is -0.277. The molecular weight excluding hydrogens is 412 g/mol. The Balaban J connectivity index is 1.72. The van der Waals surface area contributed by atoms with Crippen LogP contribution >= 0.6 is 11.6 Å². The molecule has 2 aromatic rings. The average molecular weight is 445 g/mol. The average Bonchev–Trinajstić information content (AvgIpc) is 2.77. The Morgan fingerprint density at radius 2 is 1.94 bits per heavy atom. The molecule has 0 spiro atoms. The second-order valence-corrected chi connectivity index (χ2v) is 9.02. The fourth-order valence-electron chi connectivity index (χ4n) is 4.23. The van der Waals surface area contributed by atoms with Gasteiger partial charge in [0, 0.05) is 36.5 Å². The van der Waals surface area contributed by atoms with E-state index in [9.17, 15) is 9.90 Å². The van der Waals surface area contributed by atoms with Gasteiger partial charge in [-0.25, -0.2) is 0 Å². The van der Waals surface area contributed by atoms with Crippen molar-refractivity contribution >= 4 is 17.5 Å². The number of carbonyl (C=O) groups excluding carboxylic acids is 1. The highest BCUT2D eigenvalue weighted by Crippen LogP contribution is 2.33. The first-order chi connectivity index (χ1) is 14.9. The Bertz CT molecular complexity index is 843. The van der Waals surface area contributed by atoms with Crippen molar-refractivity contribution in [3.63, 3.8) is 0 Å². The zero-order valence-corrected chi connectivity index (χ0v) is 19.3. The normalized spacial score (nSPS) is 18.6. The van der Waals surface area contributed by atoms with E-state index in [1.54, 1.807) is 4.90 Å². The van der Waals surface area contributed by atoms with Crippen LogP contribution in [0.1, 0.15) is 36.0 Å². The molecule has 0 unspecified atom stereocenters. The van der Waals surface area contributed by atoms with E-state index < -0.39 is 0 Å². The Morgan fingerprint density at radius 3 is 2.55 bits per heavy atom. The van der Waals surface area contributed by atoms with Gasteiger partial charge in [-0.3, -0.25) is 4.79 Å². The number of halogens is 1. The van der Waals surface area contributed by atoms with Gasteiger partial charge in [-0.05, 0) is 62.1 Å². The number of benzene rings is 2. The van der Waals surface area contributed by atoms with Crippen LogP contribution in [0.3, 0.4) is 0 Å². The molecule has 0 bridgehead atoms. The van der Waals surface area contributed by atoms with Gasteiger partial charge in [0.15, 0.2) is 0 Å². The topological polar surface area (TPSA) is 61.8 Å². The van der Waals surface area contributed by atoms with E-state index in [1.807, 2.05) is 56.3 Å². The first kappa shape index (κ1) is 23.6. The molecular formula is C25H33ClN2O3. The van der Waals surface area contributed by atoms with Crippen LogP contribution in [0, 0.1) is 19.3 Å². The largest absolute Gasteiger partial charge is 0.493 e. The van der Waals surface area contributed by atoms with Crippen molar-refractivity contribution < 1.29 is 14.6 Å². The van der Waals surface area contributed by atoms with E-state index in [-0.39, 0.29) is 17.9 Å². The highest BCUT2D eigenvalue weighted by molar-refractivity contribution is 6.32. The SMILES string of the molecule is Cc1cc(OC[C@]2(CC(=O)N(CCO)Cc3ccccc3)CCCNC2)cc(C)c1Cl. The molecule has 1 fully saturated rings. The summed E-state index contributed by atoms with van der Waals surface area (Å²) in [7, 11) is 0. The predicted octanol–water partition coefficient (Wildman–Crippen LogP) is 4.12. The number of amides is 1. The second-order valence-electron chi connectivity index (χ2n) is 8.64. The number of nitrogens with one attached hydrogen (secondary N) is 1. The molecule has 0 aromatic heterocycles. The van der Waals surface area contributed by atoms with Gasteiger partial charge in [-0.2, -0.15) is 0 Å². The zero-order valence-electron chi connectivity index (χ0n) is 18.5. The number of aryl methyl sites for hydroxylation is 2. The van der Waals surface area contributed by atoms with Gasteiger partial charge >= 0.3 is 0 Å². The molecule has 1 atom stereocenters. The summed E-state index contributed by atoms with van der Waals surface area (Å²) >= 11 is 6.29. The van der Waals surface area contributed by atoms with E-state index in [4.69, 9.17) is 16.3 Å². The molecule has 1 aliphatic rings. The second kappa shape index (κ2) is 11.0. The first-order valence-corrected chi connectivity index (χ1v) is 11.3. The molecule has 0 radical (unpaired) electrons. The summed E-state index contributed by atoms with van der Waals surface area (Å²) in [5.74, 6) is 0.835. The molecule has 1 saturated heterocycles. The standard InChI is InChI=1S/C25H33ClN2O3/c1-19-13-22(14-20(2)24(19)26)31-18-25(9-6-10-27-17-25)15-23(30)28(11-12-29)16-21-7-4-3-5-8-21/h3-5,7-8,13-14,27,29H,6,9-12,15-18H2,1-2H3/t25-/m0/s1. The molecule has 6 heteroatoms. The third-order valence-electron chi connectivity index (χ3n) is 5.98. The number of hydrogen-bond acceptors (Lipinski definition) is 4. The number of carbonyl (C=O) groups is 1. The Kier molecular flexibility index (Phi) is 8.35.